The van der Waals surface area contributed by atoms with Crippen LogP contribution in [0, 0.1) is 11.3 Å². The number of nitrogens with one attached hydrogen (secondary N) is 3. The molecule has 0 atom stereocenters. The van der Waals surface area contributed by atoms with Gasteiger partial charge in [-0.15, -0.1) is 0 Å². The second kappa shape index (κ2) is 9.06. The van der Waals surface area contributed by atoms with Crippen molar-refractivity contribution in [3.05, 3.63) is 0 Å². The summed E-state index contributed by atoms with van der Waals surface area (Å²) in [5, 5.41) is 9.40. The molecule has 2 aliphatic rings. The number of rotatable bonds is 8. The summed E-state index contributed by atoms with van der Waals surface area (Å²) < 4.78 is 0. The molecule has 7 nitrogen and oxygen atoms in total. The average Bonchev–Trinajstić information content (AvgIpc) is 3.34. The molecular formula is C18H33N5O2. The normalized spacial score (nSPS) is 19.4. The minimum absolute atomic E-state index is 0.158. The Kier molecular flexibility index (Phi) is 7.08. The zero-order valence-corrected chi connectivity index (χ0v) is 15.9. The predicted molar refractivity (Wildman–Crippen MR) is 99.3 cm³/mol. The van der Waals surface area contributed by atoms with E-state index in [4.69, 9.17) is 0 Å². The third-order valence-corrected chi connectivity index (χ3v) is 4.97. The van der Waals surface area contributed by atoms with Crippen molar-refractivity contribution in [2.75, 3.05) is 40.3 Å². The Balaban J connectivity index is 1.86. The lowest BCUT2D eigenvalue weighted by molar-refractivity contribution is -0.138. The first-order valence-electron chi connectivity index (χ1n) is 9.50. The Morgan fingerprint density at radius 3 is 2.28 bits per heavy atom. The van der Waals surface area contributed by atoms with Gasteiger partial charge in [0.1, 0.15) is 0 Å². The smallest absolute Gasteiger partial charge is 0.230 e. The molecule has 2 aliphatic carbocycles. The van der Waals surface area contributed by atoms with Crippen molar-refractivity contribution in [1.29, 1.82) is 0 Å². The molecule has 2 fully saturated rings. The number of aliphatic imine (C=N–C) groups is 1. The van der Waals surface area contributed by atoms with Crippen LogP contribution >= 0.6 is 0 Å². The average molecular weight is 351 g/mol. The highest BCUT2D eigenvalue weighted by Gasteiger charge is 2.42. The lowest BCUT2D eigenvalue weighted by Gasteiger charge is -2.29. The summed E-state index contributed by atoms with van der Waals surface area (Å²) in [6.07, 6.45) is 6.03. The van der Waals surface area contributed by atoms with Crippen LogP contribution in [0.3, 0.4) is 0 Å². The summed E-state index contributed by atoms with van der Waals surface area (Å²) in [5.41, 5.74) is -0.355. The van der Waals surface area contributed by atoms with E-state index in [-0.39, 0.29) is 23.1 Å². The molecule has 0 heterocycles. The fraction of sp³-hybridized carbons (Fsp3) is 0.833. The molecule has 7 heteroatoms. The van der Waals surface area contributed by atoms with Gasteiger partial charge >= 0.3 is 0 Å². The lowest BCUT2D eigenvalue weighted by Crippen LogP contribution is -2.44. The Hall–Kier alpha value is -1.79. The monoisotopic (exact) mass is 351 g/mol. The first-order valence-corrected chi connectivity index (χ1v) is 9.50. The van der Waals surface area contributed by atoms with Gasteiger partial charge in [0.25, 0.3) is 0 Å². The molecule has 0 spiro atoms. The molecule has 3 N–H and O–H groups in total. The van der Waals surface area contributed by atoms with Gasteiger partial charge < -0.3 is 20.9 Å². The van der Waals surface area contributed by atoms with E-state index >= 15 is 0 Å². The predicted octanol–water partition coefficient (Wildman–Crippen LogP) is 0.716. The summed E-state index contributed by atoms with van der Waals surface area (Å²) in [5.74, 6) is 1.29. The highest BCUT2D eigenvalue weighted by Crippen LogP contribution is 2.39. The zero-order valence-electron chi connectivity index (χ0n) is 15.9. The van der Waals surface area contributed by atoms with Crippen LogP contribution in [0.25, 0.3) is 0 Å². The Morgan fingerprint density at radius 2 is 1.72 bits per heavy atom. The van der Waals surface area contributed by atoms with E-state index in [2.05, 4.69) is 20.9 Å². The van der Waals surface area contributed by atoms with E-state index in [0.29, 0.717) is 25.6 Å². The number of carbonyl (C=O) groups is 2. The van der Waals surface area contributed by atoms with Gasteiger partial charge in [-0.05, 0) is 32.6 Å². The van der Waals surface area contributed by atoms with Crippen molar-refractivity contribution in [1.82, 2.24) is 20.9 Å². The van der Waals surface area contributed by atoms with Crippen LogP contribution in [0.15, 0.2) is 4.99 Å². The van der Waals surface area contributed by atoms with Crippen LogP contribution in [-0.2, 0) is 9.59 Å². The zero-order chi connectivity index (χ0) is 18.3. The number of hydrogen-bond donors (Lipinski definition) is 3. The van der Waals surface area contributed by atoms with Crippen molar-refractivity contribution in [3.8, 4) is 0 Å². The molecular weight excluding hydrogens is 318 g/mol. The number of guanidine groups is 1. The van der Waals surface area contributed by atoms with Crippen molar-refractivity contribution >= 4 is 17.8 Å². The number of carbonyl (C=O) groups excluding carboxylic acids is 2. The molecule has 0 radical (unpaired) electrons. The number of amides is 2. The van der Waals surface area contributed by atoms with Gasteiger partial charge in [-0.1, -0.05) is 12.8 Å². The molecule has 0 aromatic carbocycles. The summed E-state index contributed by atoms with van der Waals surface area (Å²) in [6, 6.07) is 0. The lowest BCUT2D eigenvalue weighted by atomic mass is 9.85. The summed E-state index contributed by atoms with van der Waals surface area (Å²) in [7, 11) is 3.64. The maximum atomic E-state index is 12.6. The van der Waals surface area contributed by atoms with Gasteiger partial charge in [-0.25, -0.2) is 0 Å². The molecule has 0 aromatic heterocycles. The molecule has 0 aliphatic heterocycles. The number of hydrogen-bond acceptors (Lipinski definition) is 3. The SMILES string of the molecule is CCNC(=NCC1(C(=O)N(C)C)CCCC1)NCCNC(=O)C1CC1. The Bertz CT molecular complexity index is 494. The van der Waals surface area contributed by atoms with E-state index in [1.54, 1.807) is 4.90 Å². The third kappa shape index (κ3) is 5.61. The topological polar surface area (TPSA) is 85.8 Å². The van der Waals surface area contributed by atoms with E-state index in [1.807, 2.05) is 21.0 Å². The number of nitrogens with zero attached hydrogens (tertiary/aromatic N) is 2. The van der Waals surface area contributed by atoms with Crippen molar-refractivity contribution in [2.45, 2.75) is 45.4 Å². The summed E-state index contributed by atoms with van der Waals surface area (Å²) in [6.45, 7) is 4.49. The van der Waals surface area contributed by atoms with Crippen molar-refractivity contribution < 1.29 is 9.59 Å². The molecule has 25 heavy (non-hydrogen) atoms. The van der Waals surface area contributed by atoms with E-state index in [0.717, 1.165) is 45.1 Å². The first-order chi connectivity index (χ1) is 12.0. The minimum Gasteiger partial charge on any atom is -0.357 e. The molecule has 2 amide bonds. The summed E-state index contributed by atoms with van der Waals surface area (Å²) >= 11 is 0. The van der Waals surface area contributed by atoms with Crippen molar-refractivity contribution in [3.63, 3.8) is 0 Å². The first kappa shape index (κ1) is 19.5. The van der Waals surface area contributed by atoms with Crippen LogP contribution in [-0.4, -0.2) is 62.9 Å². The van der Waals surface area contributed by atoms with Gasteiger partial charge in [0, 0.05) is 39.6 Å². The molecule has 0 saturated heterocycles. The van der Waals surface area contributed by atoms with Crippen LogP contribution in [0.4, 0.5) is 0 Å². The standard InChI is InChI=1S/C18H33N5O2/c1-4-19-17(21-12-11-20-15(24)14-7-8-14)22-13-18(9-5-6-10-18)16(25)23(2)3/h14H,4-13H2,1-3H3,(H,20,24)(H2,19,21,22). The maximum Gasteiger partial charge on any atom is 0.230 e. The second-order valence-corrected chi connectivity index (χ2v) is 7.37. The van der Waals surface area contributed by atoms with Crippen LogP contribution in [0.5, 0.6) is 0 Å². The van der Waals surface area contributed by atoms with E-state index in [1.165, 1.54) is 0 Å². The van der Waals surface area contributed by atoms with Crippen molar-refractivity contribution in [2.24, 2.45) is 16.3 Å². The molecule has 0 bridgehead atoms. The van der Waals surface area contributed by atoms with Crippen LogP contribution in [0.1, 0.15) is 45.4 Å². The quantitative estimate of drug-likeness (QED) is 0.342. The van der Waals surface area contributed by atoms with Crippen LogP contribution in [0.2, 0.25) is 0 Å². The van der Waals surface area contributed by atoms with E-state index in [9.17, 15) is 9.59 Å². The minimum atomic E-state index is -0.355. The molecule has 2 rings (SSSR count). The third-order valence-electron chi connectivity index (χ3n) is 4.97. The highest BCUT2D eigenvalue weighted by molar-refractivity contribution is 5.84. The fourth-order valence-corrected chi connectivity index (χ4v) is 3.39. The van der Waals surface area contributed by atoms with Crippen LogP contribution < -0.4 is 16.0 Å². The summed E-state index contributed by atoms with van der Waals surface area (Å²) in [4.78, 5) is 30.6. The molecule has 2 saturated carbocycles. The molecule has 0 aromatic rings. The van der Waals surface area contributed by atoms with Gasteiger partial charge in [-0.3, -0.25) is 14.6 Å². The Labute approximate surface area is 151 Å². The van der Waals surface area contributed by atoms with Gasteiger partial charge in [0.15, 0.2) is 5.96 Å². The van der Waals surface area contributed by atoms with Gasteiger partial charge in [0.2, 0.25) is 11.8 Å². The van der Waals surface area contributed by atoms with E-state index < -0.39 is 0 Å². The molecule has 0 unspecified atom stereocenters. The maximum absolute atomic E-state index is 12.6. The van der Waals surface area contributed by atoms with Gasteiger partial charge in [0.05, 0.1) is 12.0 Å². The molecule has 142 valence electrons. The van der Waals surface area contributed by atoms with Gasteiger partial charge in [-0.2, -0.15) is 0 Å². The highest BCUT2D eigenvalue weighted by atomic mass is 16.2. The largest absolute Gasteiger partial charge is 0.357 e. The Morgan fingerprint density at radius 1 is 1.08 bits per heavy atom. The fourth-order valence-electron chi connectivity index (χ4n) is 3.39. The second-order valence-electron chi connectivity index (χ2n) is 7.37.